The average molecular weight is 249 g/mol. The number of ether oxygens (including phenoxy) is 1. The van der Waals surface area contributed by atoms with Crippen molar-refractivity contribution in [1.82, 2.24) is 4.90 Å². The van der Waals surface area contributed by atoms with Gasteiger partial charge in [0, 0.05) is 0 Å². The van der Waals surface area contributed by atoms with E-state index in [2.05, 4.69) is 29.4 Å². The molecule has 74 valence electrons. The Morgan fingerprint density at radius 1 is 1.77 bits per heavy atom. The van der Waals surface area contributed by atoms with Gasteiger partial charge in [0.05, 0.1) is 0 Å². The normalized spacial score (nSPS) is 22.3. The summed E-state index contributed by atoms with van der Waals surface area (Å²) in [6.07, 6.45) is 0.526. The summed E-state index contributed by atoms with van der Waals surface area (Å²) in [7, 11) is 0. The molecule has 13 heavy (non-hydrogen) atoms. The summed E-state index contributed by atoms with van der Waals surface area (Å²) < 4.78 is 5.96. The molecule has 1 saturated heterocycles. The molecule has 1 atom stereocenters. The third-order valence-corrected chi connectivity index (χ3v) is 2.91. The summed E-state index contributed by atoms with van der Waals surface area (Å²) in [6, 6.07) is 0.198. The molecule has 0 aliphatic carbocycles. The van der Waals surface area contributed by atoms with E-state index in [1.54, 1.807) is 4.90 Å². The molecule has 1 unspecified atom stereocenters. The molecule has 1 aliphatic rings. The zero-order valence-corrected chi connectivity index (χ0v) is 9.95. The van der Waals surface area contributed by atoms with Crippen LogP contribution in [-0.4, -0.2) is 43.8 Å². The predicted octanol–water partition coefficient (Wildman–Crippen LogP) is 0.536. The Labute approximate surface area is 86.8 Å². The van der Waals surface area contributed by atoms with Crippen LogP contribution in [0, 0.1) is 5.92 Å². The van der Waals surface area contributed by atoms with Gasteiger partial charge >= 0.3 is 86.4 Å². The van der Waals surface area contributed by atoms with Crippen LogP contribution < -0.4 is 0 Å². The summed E-state index contributed by atoms with van der Waals surface area (Å²) in [5.41, 5.74) is 0. The molecule has 1 rings (SSSR count). The zero-order chi connectivity index (χ0) is 10.0. The first-order chi connectivity index (χ1) is 6.07. The van der Waals surface area contributed by atoms with E-state index in [1.165, 1.54) is 0 Å². The van der Waals surface area contributed by atoms with Crippen LogP contribution >= 0.6 is 0 Å². The Hall–Kier alpha value is -0.341. The van der Waals surface area contributed by atoms with Crippen molar-refractivity contribution in [3.8, 4) is 0 Å². The van der Waals surface area contributed by atoms with Crippen molar-refractivity contribution < 1.29 is 9.53 Å². The van der Waals surface area contributed by atoms with Gasteiger partial charge in [0.15, 0.2) is 0 Å². The first-order valence-corrected chi connectivity index (χ1v) is 5.42. The van der Waals surface area contributed by atoms with Crippen molar-refractivity contribution in [1.29, 1.82) is 0 Å². The minimum absolute atomic E-state index is 0.130. The number of hydrogen-bond acceptors (Lipinski definition) is 2. The van der Waals surface area contributed by atoms with E-state index < -0.39 is 0 Å². The van der Waals surface area contributed by atoms with Gasteiger partial charge in [-0.1, -0.05) is 0 Å². The molecule has 0 radical (unpaired) electrons. The summed E-state index contributed by atoms with van der Waals surface area (Å²) in [6.45, 7) is 6.68. The fourth-order valence-electron chi connectivity index (χ4n) is 1.38. The Morgan fingerprint density at radius 3 is 2.85 bits per heavy atom. The van der Waals surface area contributed by atoms with Crippen LogP contribution in [0.1, 0.15) is 27.2 Å². The summed E-state index contributed by atoms with van der Waals surface area (Å²) in [5, 5.41) is 0. The first-order valence-electron chi connectivity index (χ1n) is 4.56. The van der Waals surface area contributed by atoms with Gasteiger partial charge in [-0.2, -0.15) is 0 Å². The van der Waals surface area contributed by atoms with Gasteiger partial charge in [-0.25, -0.2) is 0 Å². The summed E-state index contributed by atoms with van der Waals surface area (Å²) in [5.74, 6) is 0.561. The molecule has 1 fully saturated rings. The second kappa shape index (κ2) is 4.25. The van der Waals surface area contributed by atoms with Crippen LogP contribution in [0.4, 0.5) is 0 Å². The maximum atomic E-state index is 11.5. The standard InChI is InChI=1S/C9H15NO2Se/c1-4-8(11)10-7(6(2)3)5-12-9(10)13/h6-7H,4-5H2,1-3H3/i9+1. The molecule has 0 aromatic rings. The van der Waals surface area contributed by atoms with Crippen LogP contribution in [0.2, 0.25) is 0 Å². The predicted molar refractivity (Wildman–Crippen MR) is 52.5 cm³/mol. The molecule has 1 heterocycles. The van der Waals surface area contributed by atoms with E-state index in [4.69, 9.17) is 4.74 Å². The van der Waals surface area contributed by atoms with Crippen LogP contribution in [0.25, 0.3) is 0 Å². The van der Waals surface area contributed by atoms with Crippen molar-refractivity contribution in [3.63, 3.8) is 0 Å². The van der Waals surface area contributed by atoms with E-state index in [0.717, 1.165) is 0 Å². The molecule has 0 spiro atoms. The second-order valence-corrected chi connectivity index (χ2v) is 4.24. The molecule has 0 aromatic carbocycles. The summed E-state index contributed by atoms with van der Waals surface area (Å²) >= 11 is 2.79. The van der Waals surface area contributed by atoms with Crippen molar-refractivity contribution in [2.24, 2.45) is 5.92 Å². The molecule has 3 nitrogen and oxygen atoms in total. The van der Waals surface area contributed by atoms with Crippen LogP contribution in [0.3, 0.4) is 0 Å². The fraction of sp³-hybridized carbons (Fsp3) is 0.778. The third-order valence-electron chi connectivity index (χ3n) is 2.25. The molecular weight excluding hydrogens is 234 g/mol. The van der Waals surface area contributed by atoms with Crippen LogP contribution in [-0.2, 0) is 9.53 Å². The number of carbonyl (C=O) groups excluding carboxylic acids is 1. The van der Waals surface area contributed by atoms with Crippen molar-refractivity contribution in [2.45, 2.75) is 33.2 Å². The number of hydrogen-bond donors (Lipinski definition) is 0. The van der Waals surface area contributed by atoms with Gasteiger partial charge in [0.1, 0.15) is 0 Å². The number of carbonyl (C=O) groups is 1. The van der Waals surface area contributed by atoms with Crippen molar-refractivity contribution >= 4 is 26.2 Å². The van der Waals surface area contributed by atoms with E-state index in [0.29, 0.717) is 23.7 Å². The third kappa shape index (κ3) is 2.12. The Morgan fingerprint density at radius 2 is 2.38 bits per heavy atom. The fourth-order valence-corrected chi connectivity index (χ4v) is 2.02. The van der Waals surface area contributed by atoms with Gasteiger partial charge < -0.3 is 0 Å². The van der Waals surface area contributed by atoms with Gasteiger partial charge in [0.25, 0.3) is 0 Å². The van der Waals surface area contributed by atoms with Gasteiger partial charge in [-0.3, -0.25) is 0 Å². The molecule has 1 amide bonds. The van der Waals surface area contributed by atoms with Crippen molar-refractivity contribution in [3.05, 3.63) is 0 Å². The zero-order valence-electron chi connectivity index (χ0n) is 8.24. The molecule has 0 bridgehead atoms. The van der Waals surface area contributed by atoms with Gasteiger partial charge in [-0.05, 0) is 0 Å². The SMILES string of the molecule is CCC(=O)N1C(C(C)C)CO[13C]1=[Se]. The Balaban J connectivity index is 2.77. The molecule has 0 N–H and O–H groups in total. The number of nitrogens with zero attached hydrogens (tertiary/aromatic N) is 1. The van der Waals surface area contributed by atoms with E-state index in [-0.39, 0.29) is 11.9 Å². The van der Waals surface area contributed by atoms with E-state index in [9.17, 15) is 4.79 Å². The second-order valence-electron chi connectivity index (χ2n) is 3.51. The van der Waals surface area contributed by atoms with Gasteiger partial charge in [-0.15, -0.1) is 0 Å². The van der Waals surface area contributed by atoms with Crippen molar-refractivity contribution in [2.75, 3.05) is 6.61 Å². The molecule has 1 aliphatic heterocycles. The summed E-state index contributed by atoms with van der Waals surface area (Å²) in [4.78, 5) is 13.3. The molecule has 4 heteroatoms. The molecule has 0 saturated carbocycles. The maximum absolute atomic E-state index is 11.5. The number of rotatable bonds is 2. The van der Waals surface area contributed by atoms with Crippen LogP contribution in [0.15, 0.2) is 0 Å². The minimum atomic E-state index is 0.130. The van der Waals surface area contributed by atoms with E-state index in [1.807, 2.05) is 6.92 Å². The Bertz CT molecular complexity index is 228. The topological polar surface area (TPSA) is 29.5 Å². The first kappa shape index (κ1) is 10.7. The van der Waals surface area contributed by atoms with Gasteiger partial charge in [0.2, 0.25) is 0 Å². The molecule has 0 aromatic heterocycles. The average Bonchev–Trinajstić information content (AvgIpc) is 2.46. The monoisotopic (exact) mass is 250 g/mol. The number of amides is 1. The van der Waals surface area contributed by atoms with Crippen LogP contribution in [0.5, 0.6) is 0 Å². The van der Waals surface area contributed by atoms with E-state index >= 15 is 0 Å². The quantitative estimate of drug-likeness (QED) is 0.528. The molecular formula is C9H15NO2Se. The Kier molecular flexibility index (Phi) is 3.51.